The number of imidazole rings is 1. The predicted octanol–water partition coefficient (Wildman–Crippen LogP) is 3.30. The summed E-state index contributed by atoms with van der Waals surface area (Å²) in [6, 6.07) is 14.4. The Morgan fingerprint density at radius 2 is 1.90 bits per heavy atom. The number of benzene rings is 2. The highest BCUT2D eigenvalue weighted by Gasteiger charge is 2.24. The molecular formula is C21H20N6O3. The molecule has 5 rings (SSSR count). The molecule has 1 amide bonds. The number of rotatable bonds is 3. The lowest BCUT2D eigenvalue weighted by Crippen LogP contribution is -2.35. The van der Waals surface area contributed by atoms with E-state index < -0.39 is 4.92 Å². The monoisotopic (exact) mass is 404 g/mol. The molecule has 0 unspecified atom stereocenters. The number of aromatic amines is 2. The largest absolute Gasteiger partial charge is 0.345 e. The molecule has 2 N–H and O–H groups in total. The van der Waals surface area contributed by atoms with Gasteiger partial charge in [0.2, 0.25) is 5.95 Å². The van der Waals surface area contributed by atoms with Gasteiger partial charge in [0.25, 0.3) is 11.6 Å². The van der Waals surface area contributed by atoms with Crippen LogP contribution in [0.5, 0.6) is 0 Å². The zero-order valence-electron chi connectivity index (χ0n) is 16.2. The van der Waals surface area contributed by atoms with Crippen LogP contribution in [0.3, 0.4) is 0 Å². The Kier molecular flexibility index (Phi) is 4.35. The maximum Gasteiger partial charge on any atom is 0.293 e. The normalized spacial score (nSPS) is 14.9. The molecule has 0 atom stereocenters. The summed E-state index contributed by atoms with van der Waals surface area (Å²) < 4.78 is 0. The third kappa shape index (κ3) is 3.14. The van der Waals surface area contributed by atoms with E-state index in [4.69, 9.17) is 0 Å². The number of anilines is 1. The Hall–Kier alpha value is -3.88. The third-order valence-corrected chi connectivity index (χ3v) is 5.52. The van der Waals surface area contributed by atoms with Crippen molar-refractivity contribution in [3.63, 3.8) is 0 Å². The maximum atomic E-state index is 13.1. The first-order valence-corrected chi connectivity index (χ1v) is 9.85. The van der Waals surface area contributed by atoms with E-state index in [0.717, 1.165) is 29.9 Å². The molecule has 0 radical (unpaired) electrons. The summed E-state index contributed by atoms with van der Waals surface area (Å²) in [4.78, 5) is 38.8. The average molecular weight is 404 g/mol. The van der Waals surface area contributed by atoms with Crippen molar-refractivity contribution in [2.24, 2.45) is 0 Å². The minimum atomic E-state index is -0.440. The molecule has 1 aliphatic rings. The number of nitro groups is 1. The summed E-state index contributed by atoms with van der Waals surface area (Å²) in [6.07, 6.45) is 0.809. The minimum Gasteiger partial charge on any atom is -0.345 e. The zero-order chi connectivity index (χ0) is 20.7. The van der Waals surface area contributed by atoms with Crippen LogP contribution < -0.4 is 4.90 Å². The number of nitrogens with zero attached hydrogens (tertiary/aromatic N) is 4. The van der Waals surface area contributed by atoms with E-state index in [1.165, 1.54) is 6.07 Å². The molecule has 0 bridgehead atoms. The molecule has 1 fully saturated rings. The zero-order valence-corrected chi connectivity index (χ0v) is 16.2. The van der Waals surface area contributed by atoms with Gasteiger partial charge in [-0.3, -0.25) is 14.9 Å². The lowest BCUT2D eigenvalue weighted by atomic mass is 10.2. The van der Waals surface area contributed by atoms with E-state index in [2.05, 4.69) is 19.9 Å². The van der Waals surface area contributed by atoms with Crippen molar-refractivity contribution < 1.29 is 9.72 Å². The second-order valence-electron chi connectivity index (χ2n) is 7.39. The Labute approximate surface area is 171 Å². The van der Waals surface area contributed by atoms with Crippen molar-refractivity contribution in [2.75, 3.05) is 31.1 Å². The first-order chi connectivity index (χ1) is 14.6. The van der Waals surface area contributed by atoms with Gasteiger partial charge >= 0.3 is 0 Å². The van der Waals surface area contributed by atoms with Gasteiger partial charge in [-0.2, -0.15) is 0 Å². The molecule has 0 saturated carbocycles. The standard InChI is InChI=1S/C21H20N6O3/c28-20(17-13-14-5-3-8-18(27(29)30)19(14)22-17)25-9-4-10-26(12-11-25)21-23-15-6-1-2-7-16(15)24-21/h1-3,5-8,13,22H,4,9-12H2,(H,23,24). The molecule has 1 saturated heterocycles. The van der Waals surface area contributed by atoms with Crippen LogP contribution in [0, 0.1) is 10.1 Å². The van der Waals surface area contributed by atoms with Gasteiger partial charge in [0, 0.05) is 37.6 Å². The van der Waals surface area contributed by atoms with Gasteiger partial charge in [0.1, 0.15) is 11.2 Å². The number of hydrogen-bond acceptors (Lipinski definition) is 5. The molecule has 9 nitrogen and oxygen atoms in total. The second-order valence-corrected chi connectivity index (χ2v) is 7.39. The highest BCUT2D eigenvalue weighted by atomic mass is 16.6. The van der Waals surface area contributed by atoms with Crippen molar-refractivity contribution in [1.82, 2.24) is 19.9 Å². The Morgan fingerprint density at radius 1 is 1.03 bits per heavy atom. The SMILES string of the molecule is O=C(c1cc2cccc([N+](=O)[O-])c2[nH]1)N1CCCN(c2nc3ccccc3[nH]2)CC1. The number of carbonyl (C=O) groups excluding carboxylic acids is 1. The van der Waals surface area contributed by atoms with E-state index >= 15 is 0 Å². The van der Waals surface area contributed by atoms with Crippen LogP contribution in [-0.2, 0) is 0 Å². The molecule has 30 heavy (non-hydrogen) atoms. The number of aromatic nitrogens is 3. The number of fused-ring (bicyclic) bond motifs is 2. The summed E-state index contributed by atoms with van der Waals surface area (Å²) in [7, 11) is 0. The molecule has 152 valence electrons. The summed E-state index contributed by atoms with van der Waals surface area (Å²) >= 11 is 0. The maximum absolute atomic E-state index is 13.1. The molecular weight excluding hydrogens is 384 g/mol. The summed E-state index contributed by atoms with van der Waals surface area (Å²) in [6.45, 7) is 2.62. The fourth-order valence-corrected chi connectivity index (χ4v) is 4.00. The number of amides is 1. The Morgan fingerprint density at radius 3 is 2.73 bits per heavy atom. The number of H-pyrrole nitrogens is 2. The van der Waals surface area contributed by atoms with Crippen LogP contribution in [0.4, 0.5) is 11.6 Å². The van der Waals surface area contributed by atoms with Crippen molar-refractivity contribution in [3.8, 4) is 0 Å². The molecule has 3 heterocycles. The topological polar surface area (TPSA) is 111 Å². The quantitative estimate of drug-likeness (QED) is 0.402. The van der Waals surface area contributed by atoms with Crippen LogP contribution >= 0.6 is 0 Å². The third-order valence-electron chi connectivity index (χ3n) is 5.52. The first-order valence-electron chi connectivity index (χ1n) is 9.85. The summed E-state index contributed by atoms with van der Waals surface area (Å²) in [5.74, 6) is 0.665. The van der Waals surface area contributed by atoms with Gasteiger partial charge in [0.15, 0.2) is 0 Å². The number of para-hydroxylation sites is 3. The molecule has 4 aromatic rings. The molecule has 2 aromatic heterocycles. The molecule has 0 spiro atoms. The van der Waals surface area contributed by atoms with Gasteiger partial charge in [0.05, 0.1) is 16.0 Å². The van der Waals surface area contributed by atoms with E-state index in [1.54, 1.807) is 23.1 Å². The number of nitrogens with one attached hydrogen (secondary N) is 2. The highest BCUT2D eigenvalue weighted by molar-refractivity contribution is 6.00. The smallest absolute Gasteiger partial charge is 0.293 e. The van der Waals surface area contributed by atoms with Crippen molar-refractivity contribution >= 4 is 39.5 Å². The number of carbonyl (C=O) groups is 1. The predicted molar refractivity (Wildman–Crippen MR) is 114 cm³/mol. The first kappa shape index (κ1) is 18.2. The summed E-state index contributed by atoms with van der Waals surface area (Å²) in [5, 5.41) is 11.9. The number of hydrogen-bond donors (Lipinski definition) is 2. The fraction of sp³-hybridized carbons (Fsp3) is 0.238. The fourth-order valence-electron chi connectivity index (χ4n) is 4.00. The van der Waals surface area contributed by atoms with E-state index in [9.17, 15) is 14.9 Å². The van der Waals surface area contributed by atoms with Crippen molar-refractivity contribution in [3.05, 3.63) is 64.3 Å². The average Bonchev–Trinajstić information content (AvgIpc) is 3.30. The van der Waals surface area contributed by atoms with Crippen LogP contribution in [-0.4, -0.2) is 56.9 Å². The lowest BCUT2D eigenvalue weighted by molar-refractivity contribution is -0.383. The van der Waals surface area contributed by atoms with Crippen molar-refractivity contribution in [2.45, 2.75) is 6.42 Å². The second kappa shape index (κ2) is 7.18. The van der Waals surface area contributed by atoms with E-state index in [1.807, 2.05) is 24.3 Å². The minimum absolute atomic E-state index is 0.0292. The number of nitro benzene ring substituents is 1. The van der Waals surface area contributed by atoms with Crippen molar-refractivity contribution in [1.29, 1.82) is 0 Å². The molecule has 0 aliphatic carbocycles. The van der Waals surface area contributed by atoms with Gasteiger partial charge in [-0.1, -0.05) is 24.3 Å². The highest BCUT2D eigenvalue weighted by Crippen LogP contribution is 2.26. The van der Waals surface area contributed by atoms with Crippen LogP contribution in [0.1, 0.15) is 16.9 Å². The molecule has 9 heteroatoms. The Bertz CT molecular complexity index is 1230. The molecule has 1 aliphatic heterocycles. The van der Waals surface area contributed by atoms with Crippen LogP contribution in [0.25, 0.3) is 21.9 Å². The van der Waals surface area contributed by atoms with Crippen LogP contribution in [0.2, 0.25) is 0 Å². The van der Waals surface area contributed by atoms with Gasteiger partial charge in [-0.05, 0) is 24.6 Å². The van der Waals surface area contributed by atoms with Gasteiger partial charge in [-0.25, -0.2) is 4.98 Å². The van der Waals surface area contributed by atoms with Gasteiger partial charge in [-0.15, -0.1) is 0 Å². The molecule has 2 aromatic carbocycles. The van der Waals surface area contributed by atoms with E-state index in [-0.39, 0.29) is 11.6 Å². The Balaban J connectivity index is 1.35. The van der Waals surface area contributed by atoms with E-state index in [0.29, 0.717) is 36.2 Å². The number of non-ortho nitro benzene ring substituents is 1. The van der Waals surface area contributed by atoms with Crippen LogP contribution in [0.15, 0.2) is 48.5 Å². The van der Waals surface area contributed by atoms with Gasteiger partial charge < -0.3 is 19.8 Å². The summed E-state index contributed by atoms with van der Waals surface area (Å²) in [5.41, 5.74) is 2.63. The lowest BCUT2D eigenvalue weighted by Gasteiger charge is -2.21.